The van der Waals surface area contributed by atoms with E-state index in [0.717, 1.165) is 22.6 Å². The van der Waals surface area contributed by atoms with Crippen molar-refractivity contribution in [1.29, 1.82) is 0 Å². The number of carbonyl (C=O) groups is 1. The summed E-state index contributed by atoms with van der Waals surface area (Å²) >= 11 is 0. The van der Waals surface area contributed by atoms with Crippen molar-refractivity contribution in [2.75, 3.05) is 31.6 Å². The van der Waals surface area contributed by atoms with E-state index in [-0.39, 0.29) is 12.5 Å². The van der Waals surface area contributed by atoms with Crippen LogP contribution in [0.1, 0.15) is 11.1 Å². The Kier molecular flexibility index (Phi) is 6.69. The van der Waals surface area contributed by atoms with E-state index in [1.807, 2.05) is 72.7 Å². The van der Waals surface area contributed by atoms with Crippen LogP contribution in [-0.2, 0) is 25.0 Å². The second kappa shape index (κ2) is 10.00. The number of ether oxygens (including phenoxy) is 1. The standard InChI is InChI=1S/C24H28N6O2/c1-25-24(29-12-13-30(23(31)17-29)21-15-27-28(2)16-21)26-14-19-8-10-22(11-9-19)32-18-20-6-4-3-5-7-20/h3-11,15-16H,12-14,17-18H2,1-2H3,(H,25,26). The van der Waals surface area contributed by atoms with Gasteiger partial charge in [0.25, 0.3) is 0 Å². The Morgan fingerprint density at radius 2 is 1.88 bits per heavy atom. The second-order valence-electron chi connectivity index (χ2n) is 7.66. The number of benzene rings is 2. The maximum atomic E-state index is 12.7. The van der Waals surface area contributed by atoms with Gasteiger partial charge >= 0.3 is 0 Å². The molecule has 1 saturated heterocycles. The molecule has 1 aromatic heterocycles. The Bertz CT molecular complexity index is 1060. The van der Waals surface area contributed by atoms with E-state index in [0.29, 0.717) is 32.2 Å². The summed E-state index contributed by atoms with van der Waals surface area (Å²) < 4.78 is 7.55. The number of aryl methyl sites for hydroxylation is 1. The number of carbonyl (C=O) groups excluding carboxylic acids is 1. The zero-order chi connectivity index (χ0) is 22.3. The summed E-state index contributed by atoms with van der Waals surface area (Å²) in [5.41, 5.74) is 3.08. The van der Waals surface area contributed by atoms with Crippen molar-refractivity contribution in [1.82, 2.24) is 20.0 Å². The number of nitrogens with zero attached hydrogens (tertiary/aromatic N) is 5. The Morgan fingerprint density at radius 1 is 1.09 bits per heavy atom. The molecule has 0 radical (unpaired) electrons. The molecular weight excluding hydrogens is 404 g/mol. The molecule has 1 aliphatic rings. The van der Waals surface area contributed by atoms with Crippen molar-refractivity contribution in [3.63, 3.8) is 0 Å². The molecule has 8 nitrogen and oxygen atoms in total. The minimum absolute atomic E-state index is 0.0344. The van der Waals surface area contributed by atoms with Crippen LogP contribution in [0.2, 0.25) is 0 Å². The molecule has 3 aromatic rings. The lowest BCUT2D eigenvalue weighted by Gasteiger charge is -2.35. The summed E-state index contributed by atoms with van der Waals surface area (Å²) in [6, 6.07) is 18.1. The molecule has 0 unspecified atom stereocenters. The number of anilines is 1. The molecule has 0 spiro atoms. The molecule has 2 heterocycles. The van der Waals surface area contributed by atoms with Crippen molar-refractivity contribution >= 4 is 17.6 Å². The molecule has 1 fully saturated rings. The maximum absolute atomic E-state index is 12.7. The van der Waals surface area contributed by atoms with Crippen LogP contribution in [0.3, 0.4) is 0 Å². The van der Waals surface area contributed by atoms with Gasteiger partial charge in [-0.15, -0.1) is 0 Å². The highest BCUT2D eigenvalue weighted by atomic mass is 16.5. The summed E-state index contributed by atoms with van der Waals surface area (Å²) in [5, 5.41) is 7.52. The summed E-state index contributed by atoms with van der Waals surface area (Å²) in [6.07, 6.45) is 3.57. The van der Waals surface area contributed by atoms with Gasteiger partial charge in [0.15, 0.2) is 5.96 Å². The summed E-state index contributed by atoms with van der Waals surface area (Å²) in [4.78, 5) is 20.8. The van der Waals surface area contributed by atoms with Gasteiger partial charge in [-0.3, -0.25) is 14.5 Å². The van der Waals surface area contributed by atoms with E-state index >= 15 is 0 Å². The molecule has 0 atom stereocenters. The number of rotatable bonds is 6. The zero-order valence-electron chi connectivity index (χ0n) is 18.4. The predicted octanol–water partition coefficient (Wildman–Crippen LogP) is 2.42. The monoisotopic (exact) mass is 432 g/mol. The van der Waals surface area contributed by atoms with Crippen LogP contribution in [0.25, 0.3) is 0 Å². The van der Waals surface area contributed by atoms with Gasteiger partial charge in [0.1, 0.15) is 18.9 Å². The van der Waals surface area contributed by atoms with Gasteiger partial charge in [0.2, 0.25) is 5.91 Å². The van der Waals surface area contributed by atoms with Gasteiger partial charge in [0, 0.05) is 39.9 Å². The van der Waals surface area contributed by atoms with Gasteiger partial charge in [-0.1, -0.05) is 42.5 Å². The van der Waals surface area contributed by atoms with Crippen LogP contribution in [0.15, 0.2) is 72.0 Å². The third kappa shape index (κ3) is 5.26. The lowest BCUT2D eigenvalue weighted by atomic mass is 10.2. The molecule has 1 N–H and O–H groups in total. The molecule has 0 saturated carbocycles. The number of aromatic nitrogens is 2. The van der Waals surface area contributed by atoms with E-state index in [2.05, 4.69) is 15.4 Å². The van der Waals surface area contributed by atoms with Gasteiger partial charge in [-0.05, 0) is 23.3 Å². The fourth-order valence-corrected chi connectivity index (χ4v) is 3.63. The van der Waals surface area contributed by atoms with Crippen LogP contribution in [-0.4, -0.2) is 53.2 Å². The number of hydrogen-bond donors (Lipinski definition) is 1. The first-order chi connectivity index (χ1) is 15.6. The molecule has 4 rings (SSSR count). The molecule has 8 heteroatoms. The minimum atomic E-state index is 0.0344. The molecule has 32 heavy (non-hydrogen) atoms. The van der Waals surface area contributed by atoms with Gasteiger partial charge in [-0.25, -0.2) is 0 Å². The zero-order valence-corrected chi connectivity index (χ0v) is 18.4. The SMILES string of the molecule is CN=C(NCc1ccc(OCc2ccccc2)cc1)N1CCN(c2cnn(C)c2)C(=O)C1. The van der Waals surface area contributed by atoms with Crippen LogP contribution < -0.4 is 15.0 Å². The number of aliphatic imine (C=N–C) groups is 1. The van der Waals surface area contributed by atoms with Crippen molar-refractivity contribution in [3.05, 3.63) is 78.1 Å². The Balaban J connectivity index is 1.27. The van der Waals surface area contributed by atoms with Crippen LogP contribution in [0.4, 0.5) is 5.69 Å². The Labute approximate surface area is 188 Å². The average Bonchev–Trinajstić information content (AvgIpc) is 3.25. The molecule has 1 aliphatic heterocycles. The number of nitrogens with one attached hydrogen (secondary N) is 1. The molecule has 0 aliphatic carbocycles. The predicted molar refractivity (Wildman–Crippen MR) is 125 cm³/mol. The molecule has 166 valence electrons. The number of hydrogen-bond acceptors (Lipinski definition) is 4. The van der Waals surface area contributed by atoms with Crippen LogP contribution >= 0.6 is 0 Å². The minimum Gasteiger partial charge on any atom is -0.489 e. The third-order valence-electron chi connectivity index (χ3n) is 5.36. The lowest BCUT2D eigenvalue weighted by Crippen LogP contribution is -2.55. The van der Waals surface area contributed by atoms with Crippen molar-refractivity contribution < 1.29 is 9.53 Å². The molecule has 2 aromatic carbocycles. The van der Waals surface area contributed by atoms with E-state index in [9.17, 15) is 4.79 Å². The quantitative estimate of drug-likeness (QED) is 0.478. The first-order valence-electron chi connectivity index (χ1n) is 10.6. The second-order valence-corrected chi connectivity index (χ2v) is 7.66. The highest BCUT2D eigenvalue weighted by Crippen LogP contribution is 2.17. The van der Waals surface area contributed by atoms with Crippen molar-refractivity contribution in [2.45, 2.75) is 13.2 Å². The number of amides is 1. The highest BCUT2D eigenvalue weighted by molar-refractivity contribution is 5.98. The van der Waals surface area contributed by atoms with Crippen LogP contribution in [0, 0.1) is 0 Å². The summed E-state index contributed by atoms with van der Waals surface area (Å²) in [5.74, 6) is 1.58. The van der Waals surface area contributed by atoms with Gasteiger partial charge in [0.05, 0.1) is 11.9 Å². The first-order valence-corrected chi connectivity index (χ1v) is 10.6. The summed E-state index contributed by atoms with van der Waals surface area (Å²) in [7, 11) is 3.58. The average molecular weight is 433 g/mol. The smallest absolute Gasteiger partial charge is 0.246 e. The number of guanidine groups is 1. The van der Waals surface area contributed by atoms with E-state index in [1.165, 1.54) is 0 Å². The number of piperazine rings is 1. The van der Waals surface area contributed by atoms with Gasteiger partial charge < -0.3 is 19.9 Å². The normalized spacial score (nSPS) is 14.6. The third-order valence-corrected chi connectivity index (χ3v) is 5.36. The Hall–Kier alpha value is -3.81. The first kappa shape index (κ1) is 21.4. The van der Waals surface area contributed by atoms with Gasteiger partial charge in [-0.2, -0.15) is 5.10 Å². The lowest BCUT2D eigenvalue weighted by molar-refractivity contribution is -0.120. The van der Waals surface area contributed by atoms with Crippen molar-refractivity contribution in [2.24, 2.45) is 12.0 Å². The van der Waals surface area contributed by atoms with E-state index in [1.54, 1.807) is 22.8 Å². The molecular formula is C24H28N6O2. The Morgan fingerprint density at radius 3 is 2.53 bits per heavy atom. The summed E-state index contributed by atoms with van der Waals surface area (Å²) in [6.45, 7) is 2.73. The largest absolute Gasteiger partial charge is 0.489 e. The fraction of sp³-hybridized carbons (Fsp3) is 0.292. The molecule has 1 amide bonds. The van der Waals surface area contributed by atoms with E-state index < -0.39 is 0 Å². The van der Waals surface area contributed by atoms with E-state index in [4.69, 9.17) is 4.74 Å². The molecule has 0 bridgehead atoms. The highest BCUT2D eigenvalue weighted by Gasteiger charge is 2.27. The fourth-order valence-electron chi connectivity index (χ4n) is 3.63. The maximum Gasteiger partial charge on any atom is 0.246 e. The topological polar surface area (TPSA) is 75.0 Å². The van der Waals surface area contributed by atoms with Crippen LogP contribution in [0.5, 0.6) is 5.75 Å². The van der Waals surface area contributed by atoms with Crippen molar-refractivity contribution in [3.8, 4) is 5.75 Å².